The number of furan rings is 1. The van der Waals surface area contributed by atoms with Crippen molar-refractivity contribution in [2.24, 2.45) is 0 Å². The van der Waals surface area contributed by atoms with Gasteiger partial charge in [0, 0.05) is 49.0 Å². The molecule has 50 heavy (non-hydrogen) atoms. The van der Waals surface area contributed by atoms with Crippen LogP contribution in [0.4, 0.5) is 17.1 Å². The minimum Gasteiger partial charge on any atom is -0.456 e. The summed E-state index contributed by atoms with van der Waals surface area (Å²) in [6.45, 7) is 14.0. The van der Waals surface area contributed by atoms with Gasteiger partial charge in [-0.25, -0.2) is 0 Å². The number of hydrogen-bond acceptors (Lipinski definition) is 3. The summed E-state index contributed by atoms with van der Waals surface area (Å²) in [5.74, 6) is 0. The van der Waals surface area contributed by atoms with Crippen LogP contribution < -0.4 is 15.8 Å². The molecule has 0 unspecified atom stereocenters. The summed E-state index contributed by atoms with van der Waals surface area (Å²) in [6, 6.07) is 41.1. The molecule has 0 radical (unpaired) electrons. The zero-order valence-electron chi connectivity index (χ0n) is 29.7. The van der Waals surface area contributed by atoms with Gasteiger partial charge in [-0.1, -0.05) is 102 Å². The van der Waals surface area contributed by atoms with Gasteiger partial charge in [0.15, 0.2) is 0 Å². The highest BCUT2D eigenvalue weighted by Crippen LogP contribution is 2.50. The molecule has 10 rings (SSSR count). The van der Waals surface area contributed by atoms with Crippen LogP contribution >= 0.6 is 11.8 Å². The maximum atomic E-state index is 6.79. The molecule has 8 aromatic rings. The average molecular weight is 667 g/mol. The summed E-state index contributed by atoms with van der Waals surface area (Å²) in [5.41, 5.74) is 15.9. The van der Waals surface area contributed by atoms with E-state index in [2.05, 4.69) is 166 Å². The number of benzene rings is 6. The molecule has 0 amide bonds. The Labute approximate surface area is 298 Å². The van der Waals surface area contributed by atoms with E-state index in [0.717, 1.165) is 16.6 Å². The second-order valence-corrected chi connectivity index (χ2v) is 17.1. The van der Waals surface area contributed by atoms with Gasteiger partial charge in [-0.05, 0) is 93.2 Å². The van der Waals surface area contributed by atoms with Gasteiger partial charge in [-0.15, -0.1) is 11.8 Å². The number of para-hydroxylation sites is 3. The van der Waals surface area contributed by atoms with E-state index < -0.39 is 0 Å². The van der Waals surface area contributed by atoms with Crippen LogP contribution in [0.25, 0.3) is 54.9 Å². The molecular weight excluding hydrogens is 627 g/mol. The topological polar surface area (TPSA) is 21.3 Å². The van der Waals surface area contributed by atoms with Gasteiger partial charge in [0.25, 0.3) is 0 Å². The Morgan fingerprint density at radius 2 is 1.34 bits per heavy atom. The van der Waals surface area contributed by atoms with Gasteiger partial charge in [-0.2, -0.15) is 0 Å². The average Bonchev–Trinajstić information content (AvgIpc) is 3.65. The van der Waals surface area contributed by atoms with Crippen LogP contribution in [0.2, 0.25) is 0 Å². The highest BCUT2D eigenvalue weighted by Gasteiger charge is 2.44. The van der Waals surface area contributed by atoms with Gasteiger partial charge >= 0.3 is 6.85 Å². The van der Waals surface area contributed by atoms with E-state index in [1.807, 2.05) is 11.8 Å². The summed E-state index contributed by atoms with van der Waals surface area (Å²) >= 11 is 1.81. The molecule has 0 atom stereocenters. The fourth-order valence-corrected chi connectivity index (χ4v) is 9.10. The van der Waals surface area contributed by atoms with E-state index in [1.54, 1.807) is 0 Å². The van der Waals surface area contributed by atoms with E-state index >= 15 is 0 Å². The largest absolute Gasteiger partial charge is 0.456 e. The maximum Gasteiger partial charge on any atom is 0.333 e. The number of aromatic nitrogens is 1. The molecule has 2 aliphatic heterocycles. The van der Waals surface area contributed by atoms with Gasteiger partial charge < -0.3 is 13.8 Å². The standard InChI is InChI=1S/C45H39BN2OS/c1-44(2,3)26-21-27(45(4,5)6)23-28(22-26)47-37-20-19-29(50-7)24-35(37)46-41-34(25-39-40(43(41)47)33-14-9-11-18-38(33)49-39)32-16-12-15-31-30-13-8-10-17-36(30)48(46)42(31)32/h8-25H,1-7H3. The van der Waals surface area contributed by atoms with Crippen molar-refractivity contribution in [1.29, 1.82) is 0 Å². The molecule has 0 saturated heterocycles. The SMILES string of the molecule is CSc1ccc2c(c1)B1c3c(cc4oc5ccccc5c4c3N2c2cc(C(C)(C)C)cc(C(C)(C)C)c2)-c2cccc3c4ccccc4n1c23. The molecule has 2 aliphatic rings. The normalized spacial score (nSPS) is 13.9. The van der Waals surface area contributed by atoms with Crippen molar-refractivity contribution in [2.75, 3.05) is 11.2 Å². The van der Waals surface area contributed by atoms with Crippen molar-refractivity contribution in [2.45, 2.75) is 57.3 Å². The quantitative estimate of drug-likeness (QED) is 0.135. The summed E-state index contributed by atoms with van der Waals surface area (Å²) in [5, 5.41) is 4.92. The van der Waals surface area contributed by atoms with Crippen molar-refractivity contribution in [3.8, 4) is 11.1 Å². The number of hydrogen-bond donors (Lipinski definition) is 0. The summed E-state index contributed by atoms with van der Waals surface area (Å²) < 4.78 is 9.44. The number of thioether (sulfide) groups is 1. The van der Waals surface area contributed by atoms with Crippen molar-refractivity contribution in [3.63, 3.8) is 0 Å². The second-order valence-electron chi connectivity index (χ2n) is 16.2. The lowest BCUT2D eigenvalue weighted by molar-refractivity contribution is 0.569. The van der Waals surface area contributed by atoms with Crippen molar-refractivity contribution >= 4 is 90.3 Å². The van der Waals surface area contributed by atoms with E-state index in [1.165, 1.54) is 82.3 Å². The van der Waals surface area contributed by atoms with Gasteiger partial charge in [0.2, 0.25) is 0 Å². The summed E-state index contributed by atoms with van der Waals surface area (Å²) in [6.07, 6.45) is 2.19. The van der Waals surface area contributed by atoms with Crippen LogP contribution in [0, 0.1) is 0 Å². The maximum absolute atomic E-state index is 6.79. The first-order valence-corrected chi connectivity index (χ1v) is 18.9. The third kappa shape index (κ3) is 4.01. The van der Waals surface area contributed by atoms with Gasteiger partial charge in [-0.3, -0.25) is 0 Å². The van der Waals surface area contributed by atoms with E-state index in [0.29, 0.717) is 0 Å². The molecule has 4 heterocycles. The molecule has 0 saturated carbocycles. The fourth-order valence-electron chi connectivity index (χ4n) is 8.65. The highest BCUT2D eigenvalue weighted by atomic mass is 32.2. The molecule has 3 nitrogen and oxygen atoms in total. The zero-order chi connectivity index (χ0) is 34.3. The van der Waals surface area contributed by atoms with Crippen LogP contribution in [0.5, 0.6) is 0 Å². The molecule has 5 heteroatoms. The minimum atomic E-state index is -0.0255. The first-order chi connectivity index (χ1) is 24.0. The van der Waals surface area contributed by atoms with Crippen LogP contribution in [0.3, 0.4) is 0 Å². The van der Waals surface area contributed by atoms with Crippen LogP contribution in [-0.4, -0.2) is 17.6 Å². The predicted molar refractivity (Wildman–Crippen MR) is 216 cm³/mol. The first kappa shape index (κ1) is 30.0. The molecular formula is C45H39BN2OS. The Morgan fingerprint density at radius 3 is 2.08 bits per heavy atom. The van der Waals surface area contributed by atoms with Crippen LogP contribution in [0.1, 0.15) is 52.7 Å². The molecule has 6 aromatic carbocycles. The van der Waals surface area contributed by atoms with Crippen LogP contribution in [-0.2, 0) is 10.8 Å². The Hall–Kier alpha value is -4.87. The molecule has 0 N–H and O–H groups in total. The van der Waals surface area contributed by atoms with Crippen molar-refractivity contribution in [3.05, 3.63) is 120 Å². The third-order valence-electron chi connectivity index (χ3n) is 11.1. The van der Waals surface area contributed by atoms with Gasteiger partial charge in [0.05, 0.1) is 11.1 Å². The highest BCUT2D eigenvalue weighted by molar-refractivity contribution is 7.98. The third-order valence-corrected chi connectivity index (χ3v) is 11.9. The van der Waals surface area contributed by atoms with E-state index in [-0.39, 0.29) is 17.7 Å². The molecule has 0 bridgehead atoms. The number of rotatable bonds is 2. The van der Waals surface area contributed by atoms with E-state index in [4.69, 9.17) is 4.42 Å². The molecule has 244 valence electrons. The first-order valence-electron chi connectivity index (χ1n) is 17.7. The monoisotopic (exact) mass is 666 g/mol. The Morgan fingerprint density at radius 1 is 0.640 bits per heavy atom. The summed E-state index contributed by atoms with van der Waals surface area (Å²) in [7, 11) is 0. The van der Waals surface area contributed by atoms with E-state index in [9.17, 15) is 0 Å². The van der Waals surface area contributed by atoms with Crippen molar-refractivity contribution < 1.29 is 4.42 Å². The molecule has 0 spiro atoms. The molecule has 0 fully saturated rings. The lowest BCUT2D eigenvalue weighted by atomic mass is 9.45. The smallest absolute Gasteiger partial charge is 0.333 e. The second kappa shape index (κ2) is 10.1. The van der Waals surface area contributed by atoms with Crippen LogP contribution in [0.15, 0.2) is 119 Å². The summed E-state index contributed by atoms with van der Waals surface area (Å²) in [4.78, 5) is 3.86. The Bertz CT molecular complexity index is 2710. The predicted octanol–water partition coefficient (Wildman–Crippen LogP) is 11.4. The van der Waals surface area contributed by atoms with Gasteiger partial charge in [0.1, 0.15) is 11.2 Å². The van der Waals surface area contributed by atoms with Crippen molar-refractivity contribution in [1.82, 2.24) is 4.48 Å². The molecule has 2 aromatic heterocycles. The number of anilines is 3. The lowest BCUT2D eigenvalue weighted by Crippen LogP contribution is -2.56. The number of nitrogens with zero attached hydrogens (tertiary/aromatic N) is 2. The Kier molecular flexibility index (Phi) is 6.06. The molecule has 0 aliphatic carbocycles. The number of fused-ring (bicyclic) bond motifs is 11. The minimum absolute atomic E-state index is 0.0124. The fraction of sp³-hybridized carbons (Fsp3) is 0.200. The Balaban J connectivity index is 1.44. The zero-order valence-corrected chi connectivity index (χ0v) is 30.5. The lowest BCUT2D eigenvalue weighted by Gasteiger charge is -2.41.